The fourth-order valence-electron chi connectivity index (χ4n) is 3.77. The maximum Gasteiger partial charge on any atom is 0.267 e. The van der Waals surface area contributed by atoms with Crippen molar-refractivity contribution >= 4 is 5.91 Å². The van der Waals surface area contributed by atoms with Gasteiger partial charge in [0.2, 0.25) is 6.10 Å². The Hall–Kier alpha value is -2.89. The zero-order valence-corrected chi connectivity index (χ0v) is 15.7. The summed E-state index contributed by atoms with van der Waals surface area (Å²) >= 11 is 0. The lowest BCUT2D eigenvalue weighted by molar-refractivity contribution is -0.143. The van der Waals surface area contributed by atoms with Gasteiger partial charge in [-0.3, -0.25) is 4.79 Å². The van der Waals surface area contributed by atoms with Gasteiger partial charge in [-0.05, 0) is 48.7 Å². The largest absolute Gasteiger partial charge is 0.493 e. The molecule has 6 heteroatoms. The number of carbonyl (C=O) groups excluding carboxylic acids is 1. The SMILES string of the molecule is COc1cc2c(cc1OC)[C@@H](C)N(C(=O)[C@H]1COc3ccccc3O1)CC2. The maximum atomic E-state index is 13.1. The van der Waals surface area contributed by atoms with Gasteiger partial charge >= 0.3 is 0 Å². The second-order valence-corrected chi connectivity index (χ2v) is 6.73. The smallest absolute Gasteiger partial charge is 0.267 e. The Morgan fingerprint density at radius 1 is 1.11 bits per heavy atom. The summed E-state index contributed by atoms with van der Waals surface area (Å²) in [6.07, 6.45) is 0.125. The summed E-state index contributed by atoms with van der Waals surface area (Å²) in [6.45, 7) is 2.88. The number of amides is 1. The van der Waals surface area contributed by atoms with Crippen molar-refractivity contribution < 1.29 is 23.7 Å². The molecule has 27 heavy (non-hydrogen) atoms. The van der Waals surface area contributed by atoms with Crippen molar-refractivity contribution in [3.8, 4) is 23.0 Å². The number of carbonyl (C=O) groups is 1. The molecular weight excluding hydrogens is 346 g/mol. The lowest BCUT2D eigenvalue weighted by Crippen LogP contribution is -2.49. The molecule has 0 aliphatic carbocycles. The molecule has 0 fully saturated rings. The molecule has 2 heterocycles. The van der Waals surface area contributed by atoms with Crippen LogP contribution in [0, 0.1) is 0 Å². The third-order valence-electron chi connectivity index (χ3n) is 5.25. The highest BCUT2D eigenvalue weighted by Gasteiger charge is 2.36. The lowest BCUT2D eigenvalue weighted by Gasteiger charge is -2.38. The number of ether oxygens (including phenoxy) is 4. The number of hydrogen-bond donors (Lipinski definition) is 0. The highest BCUT2D eigenvalue weighted by atomic mass is 16.6. The zero-order chi connectivity index (χ0) is 19.0. The third-order valence-corrected chi connectivity index (χ3v) is 5.25. The van der Waals surface area contributed by atoms with Crippen LogP contribution in [0.25, 0.3) is 0 Å². The molecule has 0 saturated carbocycles. The molecule has 0 radical (unpaired) electrons. The molecule has 2 aliphatic rings. The average Bonchev–Trinajstić information content (AvgIpc) is 2.72. The molecule has 0 spiro atoms. The Kier molecular flexibility index (Phi) is 4.56. The summed E-state index contributed by atoms with van der Waals surface area (Å²) in [5.74, 6) is 2.61. The van der Waals surface area contributed by atoms with Gasteiger partial charge < -0.3 is 23.8 Å². The second kappa shape index (κ2) is 7.02. The van der Waals surface area contributed by atoms with E-state index in [1.54, 1.807) is 14.2 Å². The molecule has 0 bridgehead atoms. The van der Waals surface area contributed by atoms with Crippen molar-refractivity contribution in [1.82, 2.24) is 4.90 Å². The Labute approximate surface area is 158 Å². The summed E-state index contributed by atoms with van der Waals surface area (Å²) in [4.78, 5) is 15.0. The predicted octanol–water partition coefficient (Wildman–Crippen LogP) is 2.99. The van der Waals surface area contributed by atoms with Crippen LogP contribution in [-0.4, -0.2) is 44.3 Å². The summed E-state index contributed by atoms with van der Waals surface area (Å²) in [5, 5.41) is 0. The van der Waals surface area contributed by atoms with Crippen LogP contribution in [0.4, 0.5) is 0 Å². The van der Waals surface area contributed by atoms with Crippen LogP contribution in [-0.2, 0) is 11.2 Å². The number of fused-ring (bicyclic) bond motifs is 2. The summed E-state index contributed by atoms with van der Waals surface area (Å²) in [7, 11) is 3.25. The molecule has 4 rings (SSSR count). The average molecular weight is 369 g/mol. The first-order valence-electron chi connectivity index (χ1n) is 9.06. The summed E-state index contributed by atoms with van der Waals surface area (Å²) < 4.78 is 22.4. The van der Waals surface area contributed by atoms with Gasteiger partial charge in [-0.2, -0.15) is 0 Å². The molecule has 1 amide bonds. The molecular formula is C21H23NO5. The Morgan fingerprint density at radius 3 is 2.56 bits per heavy atom. The van der Waals surface area contributed by atoms with Crippen molar-refractivity contribution in [3.63, 3.8) is 0 Å². The van der Waals surface area contributed by atoms with Crippen LogP contribution in [0.1, 0.15) is 24.1 Å². The molecule has 6 nitrogen and oxygen atoms in total. The van der Waals surface area contributed by atoms with Crippen LogP contribution in [0.3, 0.4) is 0 Å². The highest BCUT2D eigenvalue weighted by Crippen LogP contribution is 2.39. The minimum atomic E-state index is -0.635. The van der Waals surface area contributed by atoms with E-state index in [1.165, 1.54) is 5.56 Å². The quantitative estimate of drug-likeness (QED) is 0.833. The number of para-hydroxylation sites is 2. The Morgan fingerprint density at radius 2 is 1.81 bits per heavy atom. The van der Waals surface area contributed by atoms with E-state index in [9.17, 15) is 4.79 Å². The van der Waals surface area contributed by atoms with Gasteiger partial charge in [-0.25, -0.2) is 0 Å². The van der Waals surface area contributed by atoms with Crippen molar-refractivity contribution in [2.24, 2.45) is 0 Å². The van der Waals surface area contributed by atoms with E-state index in [-0.39, 0.29) is 18.6 Å². The van der Waals surface area contributed by atoms with Crippen LogP contribution in [0.15, 0.2) is 36.4 Å². The van der Waals surface area contributed by atoms with Gasteiger partial charge in [0.1, 0.15) is 6.61 Å². The number of rotatable bonds is 3. The van der Waals surface area contributed by atoms with Gasteiger partial charge in [0.25, 0.3) is 5.91 Å². The van der Waals surface area contributed by atoms with E-state index in [2.05, 4.69) is 0 Å². The van der Waals surface area contributed by atoms with Gasteiger partial charge in [-0.15, -0.1) is 0 Å². The predicted molar refractivity (Wildman–Crippen MR) is 99.7 cm³/mol. The number of hydrogen-bond acceptors (Lipinski definition) is 5. The molecule has 0 N–H and O–H groups in total. The minimum absolute atomic E-state index is 0.0579. The molecule has 2 aromatic carbocycles. The van der Waals surface area contributed by atoms with Gasteiger partial charge in [0.05, 0.1) is 20.3 Å². The third kappa shape index (κ3) is 3.05. The number of methoxy groups -OCH3 is 2. The maximum absolute atomic E-state index is 13.1. The topological polar surface area (TPSA) is 57.2 Å². The lowest BCUT2D eigenvalue weighted by atomic mass is 9.92. The molecule has 142 valence electrons. The molecule has 2 aliphatic heterocycles. The van der Waals surface area contributed by atoms with E-state index >= 15 is 0 Å². The van der Waals surface area contributed by atoms with E-state index in [4.69, 9.17) is 18.9 Å². The van der Waals surface area contributed by atoms with E-state index in [0.29, 0.717) is 29.5 Å². The highest BCUT2D eigenvalue weighted by molar-refractivity contribution is 5.82. The molecule has 2 atom stereocenters. The summed E-state index contributed by atoms with van der Waals surface area (Å²) in [6, 6.07) is 11.3. The Bertz CT molecular complexity index is 866. The fraction of sp³-hybridized carbons (Fsp3) is 0.381. The molecule has 0 saturated heterocycles. The van der Waals surface area contributed by atoms with E-state index in [1.807, 2.05) is 48.2 Å². The number of nitrogens with zero attached hydrogens (tertiary/aromatic N) is 1. The first-order chi connectivity index (χ1) is 13.1. The standard InChI is InChI=1S/C21H23NO5/c1-13-15-11-19(25-3)18(24-2)10-14(15)8-9-22(13)21(23)20-12-26-16-6-4-5-7-17(16)27-20/h4-7,10-11,13,20H,8-9,12H2,1-3H3/t13-,20-/m1/s1. The summed E-state index contributed by atoms with van der Waals surface area (Å²) in [5.41, 5.74) is 2.25. The van der Waals surface area contributed by atoms with Gasteiger partial charge in [0.15, 0.2) is 23.0 Å². The van der Waals surface area contributed by atoms with Crippen LogP contribution in [0.5, 0.6) is 23.0 Å². The van der Waals surface area contributed by atoms with Crippen molar-refractivity contribution in [1.29, 1.82) is 0 Å². The first-order valence-corrected chi connectivity index (χ1v) is 9.06. The molecule has 0 unspecified atom stereocenters. The Balaban J connectivity index is 1.57. The molecule has 0 aromatic heterocycles. The van der Waals surface area contributed by atoms with E-state index < -0.39 is 6.10 Å². The van der Waals surface area contributed by atoms with Crippen LogP contribution >= 0.6 is 0 Å². The fourth-order valence-corrected chi connectivity index (χ4v) is 3.77. The first kappa shape index (κ1) is 17.5. The zero-order valence-electron chi connectivity index (χ0n) is 15.7. The number of benzene rings is 2. The second-order valence-electron chi connectivity index (χ2n) is 6.73. The van der Waals surface area contributed by atoms with Gasteiger partial charge in [0, 0.05) is 6.54 Å². The molecule has 2 aromatic rings. The van der Waals surface area contributed by atoms with Gasteiger partial charge in [-0.1, -0.05) is 12.1 Å². The monoisotopic (exact) mass is 369 g/mol. The van der Waals surface area contributed by atoms with Crippen molar-refractivity contribution in [2.45, 2.75) is 25.5 Å². The minimum Gasteiger partial charge on any atom is -0.493 e. The van der Waals surface area contributed by atoms with Crippen molar-refractivity contribution in [3.05, 3.63) is 47.5 Å². The van der Waals surface area contributed by atoms with Crippen LogP contribution in [0.2, 0.25) is 0 Å². The van der Waals surface area contributed by atoms with E-state index in [0.717, 1.165) is 12.0 Å². The van der Waals surface area contributed by atoms with Crippen LogP contribution < -0.4 is 18.9 Å². The normalized spacial score (nSPS) is 20.6. The van der Waals surface area contributed by atoms with Crippen molar-refractivity contribution in [2.75, 3.05) is 27.4 Å².